The van der Waals surface area contributed by atoms with Crippen LogP contribution in [0.1, 0.15) is 65.0 Å². The van der Waals surface area contributed by atoms with Gasteiger partial charge in [0.1, 0.15) is 12.5 Å². The Kier molecular flexibility index (Phi) is 6.77. The van der Waals surface area contributed by atoms with Gasteiger partial charge in [-0.25, -0.2) is 0 Å². The third-order valence-corrected chi connectivity index (χ3v) is 8.66. The van der Waals surface area contributed by atoms with Crippen LogP contribution in [0.2, 0.25) is 0 Å². The predicted octanol–water partition coefficient (Wildman–Crippen LogP) is 5.62. The molecular weight excluding hydrogens is 472 g/mol. The fourth-order valence-corrected chi connectivity index (χ4v) is 6.47. The second-order valence-corrected chi connectivity index (χ2v) is 11.7. The third kappa shape index (κ3) is 3.99. The Labute approximate surface area is 226 Å². The lowest BCUT2D eigenvalue weighted by Crippen LogP contribution is -2.42. The van der Waals surface area contributed by atoms with E-state index in [9.17, 15) is 14.7 Å². The summed E-state index contributed by atoms with van der Waals surface area (Å²) in [6.07, 6.45) is 6.41. The zero-order valence-corrected chi connectivity index (χ0v) is 23.3. The maximum atomic E-state index is 13.5. The highest BCUT2D eigenvalue weighted by Gasteiger charge is 2.50. The Morgan fingerprint density at radius 3 is 2.24 bits per heavy atom. The van der Waals surface area contributed by atoms with Gasteiger partial charge in [-0.3, -0.25) is 9.59 Å². The standard InChI is InChI=1S/C33H39N2O3/c1-6-34-26-16-10-8-14-24(26)32(2,3)28(34)20-22-30(37)23(31(22)38)21-29-33(4,5)25-15-9-11-17-27(25)35(29)18-12-7-13-19-36/h8-11,14-17,20-22,36H,6-7,12-13,18-19H2,1-5H3/q+1/b23-21?,28-20-. The number of anilines is 1. The van der Waals surface area contributed by atoms with Crippen molar-refractivity contribution in [1.29, 1.82) is 0 Å². The normalized spacial score (nSPS) is 22.2. The fourth-order valence-electron chi connectivity index (χ4n) is 6.47. The third-order valence-electron chi connectivity index (χ3n) is 8.66. The summed E-state index contributed by atoms with van der Waals surface area (Å²) < 4.78 is 2.27. The molecule has 5 nitrogen and oxygen atoms in total. The van der Waals surface area contributed by atoms with Crippen molar-refractivity contribution in [3.05, 3.63) is 83.1 Å². The number of fused-ring (bicyclic) bond motifs is 2. The maximum Gasteiger partial charge on any atom is 0.209 e. The molecule has 0 unspecified atom stereocenters. The number of aliphatic hydroxyl groups excluding tert-OH is 1. The molecule has 1 saturated carbocycles. The minimum Gasteiger partial charge on any atom is -0.396 e. The molecule has 3 aliphatic rings. The van der Waals surface area contributed by atoms with Gasteiger partial charge in [-0.2, -0.15) is 4.58 Å². The summed E-state index contributed by atoms with van der Waals surface area (Å²) >= 11 is 0. The van der Waals surface area contributed by atoms with Crippen LogP contribution in [-0.4, -0.2) is 46.7 Å². The Hall–Kier alpha value is -3.31. The van der Waals surface area contributed by atoms with E-state index in [1.807, 2.05) is 36.4 Å². The van der Waals surface area contributed by atoms with Gasteiger partial charge in [0.15, 0.2) is 17.3 Å². The quantitative estimate of drug-likeness (QED) is 0.164. The lowest BCUT2D eigenvalue weighted by molar-refractivity contribution is -0.438. The largest absolute Gasteiger partial charge is 0.396 e. The molecule has 1 aliphatic carbocycles. The average molecular weight is 512 g/mol. The second kappa shape index (κ2) is 9.77. The number of ketones is 2. The SMILES string of the molecule is CCN1/C(=C\C2C(=O)C(=CC3=[N+](CCCCCO)c4ccccc4C3(C)C)C2=O)C(C)(C)c2ccccc21. The highest BCUT2D eigenvalue weighted by atomic mass is 16.3. The van der Waals surface area contributed by atoms with Crippen LogP contribution < -0.4 is 4.90 Å². The molecule has 0 aromatic heterocycles. The van der Waals surface area contributed by atoms with Crippen LogP contribution in [0.15, 0.2) is 72.0 Å². The molecule has 1 N–H and O–H groups in total. The molecular formula is C33H39N2O3+. The highest BCUT2D eigenvalue weighted by molar-refractivity contribution is 6.41. The number of benzene rings is 2. The molecule has 0 atom stereocenters. The monoisotopic (exact) mass is 511 g/mol. The summed E-state index contributed by atoms with van der Waals surface area (Å²) in [6, 6.07) is 16.7. The number of unbranched alkanes of at least 4 members (excludes halogenated alkanes) is 2. The number of carbonyl (C=O) groups excluding carboxylic acids is 2. The molecule has 198 valence electrons. The number of rotatable bonds is 8. The van der Waals surface area contributed by atoms with Crippen LogP contribution in [0.5, 0.6) is 0 Å². The van der Waals surface area contributed by atoms with E-state index in [-0.39, 0.29) is 29.0 Å². The first-order valence-corrected chi connectivity index (χ1v) is 13.9. The molecule has 0 bridgehead atoms. The first kappa shape index (κ1) is 26.3. The van der Waals surface area contributed by atoms with Gasteiger partial charge in [0.2, 0.25) is 5.69 Å². The Bertz CT molecular complexity index is 1370. The number of para-hydroxylation sites is 2. The highest BCUT2D eigenvalue weighted by Crippen LogP contribution is 2.48. The van der Waals surface area contributed by atoms with E-state index in [2.05, 4.69) is 68.4 Å². The Morgan fingerprint density at radius 2 is 1.55 bits per heavy atom. The van der Waals surface area contributed by atoms with E-state index in [1.165, 1.54) is 11.1 Å². The number of hydrogen-bond acceptors (Lipinski definition) is 4. The van der Waals surface area contributed by atoms with Gasteiger partial charge in [-0.15, -0.1) is 0 Å². The van der Waals surface area contributed by atoms with Crippen LogP contribution in [-0.2, 0) is 20.4 Å². The zero-order valence-electron chi connectivity index (χ0n) is 23.3. The van der Waals surface area contributed by atoms with Crippen molar-refractivity contribution in [2.45, 2.75) is 64.7 Å². The van der Waals surface area contributed by atoms with Gasteiger partial charge >= 0.3 is 0 Å². The van der Waals surface area contributed by atoms with Gasteiger partial charge < -0.3 is 10.0 Å². The Morgan fingerprint density at radius 1 is 0.895 bits per heavy atom. The molecule has 0 spiro atoms. The summed E-state index contributed by atoms with van der Waals surface area (Å²) in [4.78, 5) is 29.2. The lowest BCUT2D eigenvalue weighted by Gasteiger charge is -2.30. The smallest absolute Gasteiger partial charge is 0.209 e. The number of carbonyl (C=O) groups is 2. The molecule has 2 aliphatic heterocycles. The van der Waals surface area contributed by atoms with Crippen molar-refractivity contribution in [3.63, 3.8) is 0 Å². The number of nitrogens with zero attached hydrogens (tertiary/aromatic N) is 2. The number of hydrogen-bond donors (Lipinski definition) is 1. The predicted molar refractivity (Wildman–Crippen MR) is 152 cm³/mol. The minimum atomic E-state index is -0.732. The Balaban J connectivity index is 1.48. The van der Waals surface area contributed by atoms with E-state index in [0.29, 0.717) is 5.57 Å². The van der Waals surface area contributed by atoms with E-state index in [1.54, 1.807) is 0 Å². The molecule has 0 radical (unpaired) electrons. The molecule has 5 rings (SSSR count). The first-order valence-electron chi connectivity index (χ1n) is 13.9. The topological polar surface area (TPSA) is 60.6 Å². The summed E-state index contributed by atoms with van der Waals surface area (Å²) in [7, 11) is 0. The van der Waals surface area contributed by atoms with Crippen LogP contribution in [0.3, 0.4) is 0 Å². The molecule has 2 aromatic carbocycles. The van der Waals surface area contributed by atoms with E-state index in [0.717, 1.165) is 55.1 Å². The molecule has 0 amide bonds. The molecule has 5 heteroatoms. The first-order chi connectivity index (χ1) is 18.1. The van der Waals surface area contributed by atoms with Gasteiger partial charge in [0.05, 0.1) is 11.0 Å². The lowest BCUT2D eigenvalue weighted by atomic mass is 9.72. The maximum absolute atomic E-state index is 13.5. The van der Waals surface area contributed by atoms with E-state index in [4.69, 9.17) is 0 Å². The van der Waals surface area contributed by atoms with Crippen molar-refractivity contribution >= 4 is 28.7 Å². The average Bonchev–Trinajstić information content (AvgIpc) is 3.26. The van der Waals surface area contributed by atoms with Gasteiger partial charge in [0.25, 0.3) is 0 Å². The molecule has 2 aromatic rings. The summed E-state index contributed by atoms with van der Waals surface area (Å²) in [5.41, 5.74) is 6.44. The number of likely N-dealkylation sites (N-methyl/N-ethyl adjacent to an activating group) is 1. The fraction of sp³-hybridized carbons (Fsp3) is 0.424. The van der Waals surface area contributed by atoms with Crippen molar-refractivity contribution < 1.29 is 19.3 Å². The molecule has 0 saturated heterocycles. The number of allylic oxidation sites excluding steroid dienone is 4. The number of Topliss-reactive ketones (excluding diaryl/α,β-unsaturated/α-hetero) is 2. The van der Waals surface area contributed by atoms with Crippen LogP contribution in [0.25, 0.3) is 0 Å². The molecule has 2 heterocycles. The van der Waals surface area contributed by atoms with Crippen molar-refractivity contribution in [3.8, 4) is 0 Å². The van der Waals surface area contributed by atoms with Crippen molar-refractivity contribution in [2.75, 3.05) is 24.6 Å². The molecule has 1 fully saturated rings. The van der Waals surface area contributed by atoms with Gasteiger partial charge in [-0.1, -0.05) is 50.2 Å². The van der Waals surface area contributed by atoms with E-state index < -0.39 is 5.92 Å². The number of aliphatic hydroxyl groups is 1. The van der Waals surface area contributed by atoms with Gasteiger partial charge in [-0.05, 0) is 51.3 Å². The summed E-state index contributed by atoms with van der Waals surface area (Å²) in [6.45, 7) is 12.5. The van der Waals surface area contributed by atoms with E-state index >= 15 is 0 Å². The van der Waals surface area contributed by atoms with Crippen molar-refractivity contribution in [2.24, 2.45) is 5.92 Å². The van der Waals surface area contributed by atoms with Gasteiger partial charge in [0, 0.05) is 54.1 Å². The van der Waals surface area contributed by atoms with Crippen LogP contribution in [0.4, 0.5) is 11.4 Å². The second-order valence-electron chi connectivity index (χ2n) is 11.7. The summed E-state index contributed by atoms with van der Waals surface area (Å²) in [5, 5.41) is 9.20. The molecule has 38 heavy (non-hydrogen) atoms. The minimum absolute atomic E-state index is 0.0928. The summed E-state index contributed by atoms with van der Waals surface area (Å²) in [5.74, 6) is -0.918. The van der Waals surface area contributed by atoms with Crippen LogP contribution in [0, 0.1) is 5.92 Å². The van der Waals surface area contributed by atoms with Crippen LogP contribution >= 0.6 is 0 Å². The zero-order chi connectivity index (χ0) is 27.2. The van der Waals surface area contributed by atoms with Crippen molar-refractivity contribution in [1.82, 2.24) is 0 Å².